The zero-order valence-corrected chi connectivity index (χ0v) is 11.9. The maximum atomic E-state index is 12.3. The lowest BCUT2D eigenvalue weighted by Crippen LogP contribution is -2.27. The highest BCUT2D eigenvalue weighted by Crippen LogP contribution is 2.21. The monoisotopic (exact) mass is 299 g/mol. The number of hydrogen-bond donors (Lipinski definition) is 1. The van der Waals surface area contributed by atoms with Gasteiger partial charge in [-0.25, -0.2) is 9.37 Å². The first-order chi connectivity index (χ1) is 9.74. The number of halogens is 1. The van der Waals surface area contributed by atoms with Gasteiger partial charge in [-0.15, -0.1) is 4.31 Å². The number of aromatic nitrogens is 1. The summed E-state index contributed by atoms with van der Waals surface area (Å²) in [7, 11) is 0. The van der Waals surface area contributed by atoms with Crippen molar-refractivity contribution in [1.82, 2.24) is 9.29 Å². The average Bonchev–Trinajstić information content (AvgIpc) is 3.02. The van der Waals surface area contributed by atoms with E-state index >= 15 is 0 Å². The number of pyridine rings is 1. The number of rotatable bonds is 6. The second-order valence-corrected chi connectivity index (χ2v) is 5.96. The van der Waals surface area contributed by atoms with Gasteiger partial charge in [0.1, 0.15) is 6.61 Å². The van der Waals surface area contributed by atoms with Crippen LogP contribution < -0.4 is 10.5 Å². The van der Waals surface area contributed by atoms with Gasteiger partial charge in [-0.3, -0.25) is 0 Å². The smallest absolute Gasteiger partial charge is 0.213 e. The van der Waals surface area contributed by atoms with Crippen molar-refractivity contribution in [2.75, 3.05) is 26.2 Å². The average molecular weight is 299 g/mol. The fourth-order valence-electron chi connectivity index (χ4n) is 1.86. The summed E-state index contributed by atoms with van der Waals surface area (Å²) in [5, 5.41) is 0. The summed E-state index contributed by atoms with van der Waals surface area (Å²) in [5.41, 5.74) is 5.68. The molecule has 110 valence electrons. The third-order valence-corrected chi connectivity index (χ3v) is 4.51. The summed E-state index contributed by atoms with van der Waals surface area (Å²) in [6.45, 7) is 1.88. The number of ether oxygens (including phenoxy) is 1. The van der Waals surface area contributed by atoms with Crippen LogP contribution in [0.4, 0.5) is 4.39 Å². The summed E-state index contributed by atoms with van der Waals surface area (Å²) in [5.74, 6) is 0.361. The molecule has 1 aliphatic heterocycles. The lowest BCUT2D eigenvalue weighted by molar-refractivity contribution is 0.333. The summed E-state index contributed by atoms with van der Waals surface area (Å²) >= 11 is -1.16. The van der Waals surface area contributed by atoms with Crippen LogP contribution in [0, 0.1) is 0 Å². The Morgan fingerprint density at radius 3 is 2.80 bits per heavy atom. The Balaban J connectivity index is 1.92. The van der Waals surface area contributed by atoms with Crippen LogP contribution in [-0.4, -0.2) is 40.1 Å². The Bertz CT molecular complexity index is 449. The maximum Gasteiger partial charge on any atom is 0.213 e. The first-order valence-corrected chi connectivity index (χ1v) is 7.59. The van der Waals surface area contributed by atoms with Crippen molar-refractivity contribution < 1.29 is 13.7 Å². The zero-order chi connectivity index (χ0) is 14.4. The van der Waals surface area contributed by atoms with Gasteiger partial charge in [0.25, 0.3) is 0 Å². The van der Waals surface area contributed by atoms with Crippen molar-refractivity contribution >= 4 is 11.4 Å². The van der Waals surface area contributed by atoms with E-state index in [2.05, 4.69) is 4.98 Å². The molecule has 1 aromatic heterocycles. The number of nitrogens with zero attached hydrogens (tertiary/aromatic N) is 2. The molecular weight excluding hydrogens is 281 g/mol. The van der Waals surface area contributed by atoms with Crippen LogP contribution in [0.15, 0.2) is 35.1 Å². The number of hydrogen-bond acceptors (Lipinski definition) is 5. The molecule has 7 heteroatoms. The van der Waals surface area contributed by atoms with Crippen LogP contribution >= 0.6 is 0 Å². The van der Waals surface area contributed by atoms with Crippen LogP contribution in [0.25, 0.3) is 0 Å². The van der Waals surface area contributed by atoms with E-state index in [1.165, 1.54) is 6.20 Å². The van der Waals surface area contributed by atoms with E-state index in [0.29, 0.717) is 22.7 Å². The molecule has 5 nitrogen and oxygen atoms in total. The molecule has 1 fully saturated rings. The van der Waals surface area contributed by atoms with Gasteiger partial charge in [0, 0.05) is 37.3 Å². The third-order valence-electron chi connectivity index (χ3n) is 3.03. The Morgan fingerprint density at radius 2 is 2.25 bits per heavy atom. The minimum absolute atomic E-state index is 0.0640. The van der Waals surface area contributed by atoms with Gasteiger partial charge in [0.05, 0.1) is 23.9 Å². The maximum absolute atomic E-state index is 12.3. The van der Waals surface area contributed by atoms with Crippen molar-refractivity contribution in [3.8, 4) is 5.88 Å². The Morgan fingerprint density at radius 1 is 1.50 bits per heavy atom. The second-order valence-electron chi connectivity index (χ2n) is 4.48. The Hall–Kier alpha value is -1.15. The van der Waals surface area contributed by atoms with Crippen LogP contribution in [0.1, 0.15) is 12.8 Å². The Kier molecular flexibility index (Phi) is 5.78. The SMILES string of the molecule is NC/C(=C/F)COc1ccc([S+]([O-])N2CCCC2)cn1. The highest BCUT2D eigenvalue weighted by Gasteiger charge is 2.25. The van der Waals surface area contributed by atoms with Gasteiger partial charge in [0.15, 0.2) is 4.90 Å². The second kappa shape index (κ2) is 7.58. The van der Waals surface area contributed by atoms with Gasteiger partial charge >= 0.3 is 0 Å². The summed E-state index contributed by atoms with van der Waals surface area (Å²) in [6, 6.07) is 3.35. The van der Waals surface area contributed by atoms with Crippen molar-refractivity contribution in [2.45, 2.75) is 17.7 Å². The molecule has 2 heterocycles. The molecule has 1 saturated heterocycles. The van der Waals surface area contributed by atoms with E-state index < -0.39 is 11.4 Å². The summed E-state index contributed by atoms with van der Waals surface area (Å²) in [4.78, 5) is 4.73. The molecule has 2 N–H and O–H groups in total. The first-order valence-electron chi connectivity index (χ1n) is 6.48. The predicted octanol–water partition coefficient (Wildman–Crippen LogP) is 1.39. The highest BCUT2D eigenvalue weighted by molar-refractivity contribution is 7.89. The van der Waals surface area contributed by atoms with E-state index in [4.69, 9.17) is 10.5 Å². The quantitative estimate of drug-likeness (QED) is 0.804. The minimum Gasteiger partial charge on any atom is -0.593 e. The molecule has 0 saturated carbocycles. The lowest BCUT2D eigenvalue weighted by atomic mass is 10.3. The van der Waals surface area contributed by atoms with Gasteiger partial charge in [-0.2, -0.15) is 0 Å². The fraction of sp³-hybridized carbons (Fsp3) is 0.462. The summed E-state index contributed by atoms with van der Waals surface area (Å²) < 4.78 is 31.7. The molecule has 20 heavy (non-hydrogen) atoms. The van der Waals surface area contributed by atoms with Crippen LogP contribution in [0.3, 0.4) is 0 Å². The van der Waals surface area contributed by atoms with Crippen molar-refractivity contribution in [2.24, 2.45) is 5.73 Å². The van der Waals surface area contributed by atoms with Gasteiger partial charge < -0.3 is 15.0 Å². The fourth-order valence-corrected chi connectivity index (χ4v) is 3.08. The van der Waals surface area contributed by atoms with E-state index in [1.54, 1.807) is 12.1 Å². The van der Waals surface area contributed by atoms with E-state index in [0.717, 1.165) is 25.9 Å². The van der Waals surface area contributed by atoms with Crippen LogP contribution in [0.5, 0.6) is 5.88 Å². The largest absolute Gasteiger partial charge is 0.593 e. The molecule has 1 atom stereocenters. The minimum atomic E-state index is -1.16. The standard InChI is InChI=1S/C13H18FN3O2S/c14-7-11(8-15)10-19-13-4-3-12(9-16-13)20(18)17-5-1-2-6-17/h3-4,7,9H,1-2,5-6,8,10,15H2/b11-7-. The third kappa shape index (κ3) is 3.92. The molecule has 2 rings (SSSR count). The molecule has 0 spiro atoms. The Labute approximate surface area is 120 Å². The van der Waals surface area contributed by atoms with E-state index in [1.807, 2.05) is 4.31 Å². The topological polar surface area (TPSA) is 74.4 Å². The lowest BCUT2D eigenvalue weighted by Gasteiger charge is -2.18. The van der Waals surface area contributed by atoms with Crippen molar-refractivity contribution in [3.63, 3.8) is 0 Å². The van der Waals surface area contributed by atoms with Crippen LogP contribution in [0.2, 0.25) is 0 Å². The van der Waals surface area contributed by atoms with Gasteiger partial charge in [-0.05, 0) is 12.8 Å². The molecule has 0 aromatic carbocycles. The van der Waals surface area contributed by atoms with Crippen molar-refractivity contribution in [1.29, 1.82) is 0 Å². The molecule has 0 amide bonds. The summed E-state index contributed by atoms with van der Waals surface area (Å²) in [6.07, 6.45) is 4.14. The molecular formula is C13H18FN3O2S. The van der Waals surface area contributed by atoms with Gasteiger partial charge in [-0.1, -0.05) is 0 Å². The molecule has 1 aromatic rings. The molecule has 0 aliphatic carbocycles. The highest BCUT2D eigenvalue weighted by atomic mass is 32.2. The normalized spacial score (nSPS) is 18.2. The first kappa shape index (κ1) is 15.2. The van der Waals surface area contributed by atoms with Gasteiger partial charge in [0.2, 0.25) is 5.88 Å². The molecule has 0 bridgehead atoms. The van der Waals surface area contributed by atoms with Crippen molar-refractivity contribution in [3.05, 3.63) is 30.2 Å². The number of nitrogens with two attached hydrogens (primary N) is 1. The zero-order valence-electron chi connectivity index (χ0n) is 11.1. The predicted molar refractivity (Wildman–Crippen MR) is 75.2 cm³/mol. The van der Waals surface area contributed by atoms with E-state index in [9.17, 15) is 8.94 Å². The van der Waals surface area contributed by atoms with E-state index in [-0.39, 0.29) is 13.2 Å². The molecule has 0 radical (unpaired) electrons. The molecule has 1 aliphatic rings. The molecule has 1 unspecified atom stereocenters. The van der Waals surface area contributed by atoms with Crippen LogP contribution in [-0.2, 0) is 11.4 Å².